The van der Waals surface area contributed by atoms with Crippen LogP contribution in [0.5, 0.6) is 0 Å². The maximum Gasteiger partial charge on any atom is 0.338 e. The van der Waals surface area contributed by atoms with E-state index in [1.807, 2.05) is 0 Å². The molecule has 0 fully saturated rings. The molecule has 0 unspecified atom stereocenters. The first-order valence-electron chi connectivity index (χ1n) is 5.60. The van der Waals surface area contributed by atoms with Crippen LogP contribution in [0.4, 0.5) is 0 Å². The van der Waals surface area contributed by atoms with Gasteiger partial charge in [-0.1, -0.05) is 29.3 Å². The van der Waals surface area contributed by atoms with E-state index < -0.39 is 5.97 Å². The van der Waals surface area contributed by atoms with Crippen molar-refractivity contribution in [1.29, 1.82) is 0 Å². The monoisotopic (exact) mass is 307 g/mol. The Morgan fingerprint density at radius 3 is 2.80 bits per heavy atom. The van der Waals surface area contributed by atoms with E-state index in [0.29, 0.717) is 32.6 Å². The van der Waals surface area contributed by atoms with Crippen molar-refractivity contribution >= 4 is 40.3 Å². The number of aromatic amines is 1. The average molecular weight is 308 g/mol. The molecule has 20 heavy (non-hydrogen) atoms. The fourth-order valence-electron chi connectivity index (χ4n) is 1.90. The summed E-state index contributed by atoms with van der Waals surface area (Å²) in [4.78, 5) is 22.4. The van der Waals surface area contributed by atoms with Gasteiger partial charge in [-0.2, -0.15) is 0 Å². The summed E-state index contributed by atoms with van der Waals surface area (Å²) < 4.78 is 0. The molecule has 0 aliphatic rings. The highest BCUT2D eigenvalue weighted by atomic mass is 35.5. The summed E-state index contributed by atoms with van der Waals surface area (Å²) in [6.45, 7) is 0. The number of nitrogens with zero attached hydrogens (tertiary/aromatic N) is 2. The van der Waals surface area contributed by atoms with Crippen LogP contribution in [-0.4, -0.2) is 26.0 Å². The second-order valence-electron chi connectivity index (χ2n) is 4.05. The third kappa shape index (κ3) is 2.01. The van der Waals surface area contributed by atoms with E-state index >= 15 is 0 Å². The van der Waals surface area contributed by atoms with Crippen LogP contribution in [0.3, 0.4) is 0 Å². The van der Waals surface area contributed by atoms with E-state index in [2.05, 4.69) is 15.0 Å². The van der Waals surface area contributed by atoms with Gasteiger partial charge in [-0.25, -0.2) is 14.8 Å². The molecule has 3 rings (SSSR count). The second kappa shape index (κ2) is 4.77. The average Bonchev–Trinajstić information content (AvgIpc) is 2.84. The lowest BCUT2D eigenvalue weighted by atomic mass is 10.2. The Morgan fingerprint density at radius 1 is 1.25 bits per heavy atom. The largest absolute Gasteiger partial charge is 0.478 e. The van der Waals surface area contributed by atoms with Crippen LogP contribution in [0.2, 0.25) is 10.0 Å². The number of nitrogens with one attached hydrogen (secondary N) is 1. The van der Waals surface area contributed by atoms with Gasteiger partial charge in [0.1, 0.15) is 5.82 Å². The van der Waals surface area contributed by atoms with Gasteiger partial charge in [0.05, 0.1) is 21.1 Å². The van der Waals surface area contributed by atoms with Gasteiger partial charge in [0.2, 0.25) is 0 Å². The number of hydrogen-bond acceptors (Lipinski definition) is 3. The molecule has 2 N–H and O–H groups in total. The number of pyridine rings is 1. The number of aromatic nitrogens is 3. The fourth-order valence-corrected chi connectivity index (χ4v) is 2.29. The van der Waals surface area contributed by atoms with E-state index in [0.717, 1.165) is 0 Å². The zero-order valence-electron chi connectivity index (χ0n) is 9.89. The second-order valence-corrected chi connectivity index (χ2v) is 4.83. The third-order valence-corrected chi connectivity index (χ3v) is 3.65. The summed E-state index contributed by atoms with van der Waals surface area (Å²) in [5, 5.41) is 9.89. The van der Waals surface area contributed by atoms with Crippen LogP contribution >= 0.6 is 23.2 Å². The quantitative estimate of drug-likeness (QED) is 0.757. The maximum absolute atomic E-state index is 11.2. The Labute approximate surface area is 123 Å². The van der Waals surface area contributed by atoms with Gasteiger partial charge in [0.15, 0.2) is 5.65 Å². The van der Waals surface area contributed by atoms with Crippen molar-refractivity contribution in [3.05, 3.63) is 46.1 Å². The molecule has 0 saturated heterocycles. The maximum atomic E-state index is 11.2. The molecule has 2 heterocycles. The number of hydrogen-bond donors (Lipinski definition) is 2. The number of fused-ring (bicyclic) bond motifs is 1. The molecule has 0 atom stereocenters. The van der Waals surface area contributed by atoms with Crippen LogP contribution < -0.4 is 0 Å². The van der Waals surface area contributed by atoms with E-state index in [1.165, 1.54) is 12.3 Å². The molecular weight excluding hydrogens is 301 g/mol. The number of carbonyl (C=O) groups is 1. The van der Waals surface area contributed by atoms with Gasteiger partial charge in [-0.3, -0.25) is 0 Å². The molecule has 0 aliphatic heterocycles. The first-order chi connectivity index (χ1) is 9.58. The molecule has 2 aromatic heterocycles. The van der Waals surface area contributed by atoms with Crippen molar-refractivity contribution in [2.24, 2.45) is 0 Å². The molecule has 0 amide bonds. The predicted molar refractivity (Wildman–Crippen MR) is 76.3 cm³/mol. The van der Waals surface area contributed by atoms with E-state index in [4.69, 9.17) is 28.3 Å². The van der Waals surface area contributed by atoms with Crippen molar-refractivity contribution in [1.82, 2.24) is 15.0 Å². The van der Waals surface area contributed by atoms with E-state index in [9.17, 15) is 4.79 Å². The summed E-state index contributed by atoms with van der Waals surface area (Å²) in [6, 6.07) is 6.55. The minimum absolute atomic E-state index is 0.104. The number of carboxylic acids is 1. The summed E-state index contributed by atoms with van der Waals surface area (Å²) in [6.07, 6.45) is 1.40. The normalized spacial score (nSPS) is 10.9. The highest BCUT2D eigenvalue weighted by Crippen LogP contribution is 2.32. The molecule has 0 saturated carbocycles. The zero-order chi connectivity index (χ0) is 14.3. The van der Waals surface area contributed by atoms with Gasteiger partial charge in [-0.05, 0) is 18.2 Å². The van der Waals surface area contributed by atoms with Gasteiger partial charge in [0.25, 0.3) is 0 Å². The first kappa shape index (κ1) is 12.9. The molecule has 7 heteroatoms. The molecule has 100 valence electrons. The number of H-pyrrole nitrogens is 1. The fraction of sp³-hybridized carbons (Fsp3) is 0. The van der Waals surface area contributed by atoms with E-state index in [-0.39, 0.29) is 5.56 Å². The Bertz CT molecular complexity index is 830. The smallest absolute Gasteiger partial charge is 0.338 e. The van der Waals surface area contributed by atoms with Crippen molar-refractivity contribution in [2.45, 2.75) is 0 Å². The van der Waals surface area contributed by atoms with Crippen molar-refractivity contribution in [3.8, 4) is 11.4 Å². The predicted octanol–water partition coefficient (Wildman–Crippen LogP) is 3.63. The molecule has 0 aliphatic carbocycles. The van der Waals surface area contributed by atoms with Crippen LogP contribution in [-0.2, 0) is 0 Å². The van der Waals surface area contributed by atoms with Gasteiger partial charge in [-0.15, -0.1) is 0 Å². The van der Waals surface area contributed by atoms with Gasteiger partial charge >= 0.3 is 5.97 Å². The summed E-state index contributed by atoms with van der Waals surface area (Å²) in [5.41, 5.74) is 1.36. The SMILES string of the molecule is O=C(O)c1ccnc2nc(-c3cccc(Cl)c3Cl)[nH]c12. The molecule has 0 bridgehead atoms. The topological polar surface area (TPSA) is 78.9 Å². The molecule has 3 aromatic rings. The Balaban J connectivity index is 2.26. The molecule has 5 nitrogen and oxygen atoms in total. The number of aromatic carboxylic acids is 1. The minimum Gasteiger partial charge on any atom is -0.478 e. The Morgan fingerprint density at radius 2 is 2.05 bits per heavy atom. The number of rotatable bonds is 2. The van der Waals surface area contributed by atoms with Crippen molar-refractivity contribution in [2.75, 3.05) is 0 Å². The molecular formula is C13H7Cl2N3O2. The number of benzene rings is 1. The lowest BCUT2D eigenvalue weighted by molar-refractivity contribution is 0.0699. The van der Waals surface area contributed by atoms with Gasteiger partial charge in [0, 0.05) is 11.8 Å². The summed E-state index contributed by atoms with van der Waals surface area (Å²) >= 11 is 12.1. The highest BCUT2D eigenvalue weighted by molar-refractivity contribution is 6.43. The standard InChI is InChI=1S/C13H7Cl2N3O2/c14-8-3-1-2-6(9(8)15)11-17-10-7(13(19)20)4-5-16-12(10)18-11/h1-5H,(H,19,20)(H,16,17,18). The highest BCUT2D eigenvalue weighted by Gasteiger charge is 2.16. The van der Waals surface area contributed by atoms with Crippen molar-refractivity contribution in [3.63, 3.8) is 0 Å². The van der Waals surface area contributed by atoms with E-state index in [1.54, 1.807) is 18.2 Å². The van der Waals surface area contributed by atoms with Crippen LogP contribution in [0.1, 0.15) is 10.4 Å². The number of imidazole rings is 1. The third-order valence-electron chi connectivity index (χ3n) is 2.83. The lowest BCUT2D eigenvalue weighted by Gasteiger charge is -2.01. The van der Waals surface area contributed by atoms with Crippen molar-refractivity contribution < 1.29 is 9.90 Å². The molecule has 0 radical (unpaired) electrons. The minimum atomic E-state index is -1.05. The Kier molecular flexibility index (Phi) is 3.08. The molecule has 0 spiro atoms. The van der Waals surface area contributed by atoms with Gasteiger partial charge < -0.3 is 10.1 Å². The zero-order valence-corrected chi connectivity index (χ0v) is 11.4. The number of carboxylic acid groups (broad SMARTS) is 1. The first-order valence-corrected chi connectivity index (χ1v) is 6.36. The van der Waals surface area contributed by atoms with Crippen LogP contribution in [0.25, 0.3) is 22.6 Å². The Hall–Kier alpha value is -2.11. The number of halogens is 2. The lowest BCUT2D eigenvalue weighted by Crippen LogP contribution is -1.97. The van der Waals surface area contributed by atoms with Crippen LogP contribution in [0, 0.1) is 0 Å². The van der Waals surface area contributed by atoms with Crippen LogP contribution in [0.15, 0.2) is 30.5 Å². The summed E-state index contributed by atoms with van der Waals surface area (Å²) in [5.74, 6) is -0.626. The summed E-state index contributed by atoms with van der Waals surface area (Å²) in [7, 11) is 0. The molecule has 1 aromatic carbocycles.